The van der Waals surface area contributed by atoms with Crippen LogP contribution in [0.1, 0.15) is 25.7 Å². The predicted octanol–water partition coefficient (Wildman–Crippen LogP) is 3.29. The van der Waals surface area contributed by atoms with E-state index in [9.17, 15) is 9.59 Å². The number of nitrogens with one attached hydrogen (secondary N) is 3. The zero-order chi connectivity index (χ0) is 21.1. The van der Waals surface area contributed by atoms with Crippen molar-refractivity contribution < 1.29 is 9.63 Å². The molecule has 0 atom stereocenters. The number of carbonyl (C=O) groups excluding carboxylic acids is 1. The number of fused-ring (bicyclic) bond motifs is 1. The highest BCUT2D eigenvalue weighted by molar-refractivity contribution is 6.33. The van der Waals surface area contributed by atoms with Crippen LogP contribution in [-0.4, -0.2) is 34.0 Å². The van der Waals surface area contributed by atoms with Gasteiger partial charge in [0.05, 0.1) is 7.11 Å². The van der Waals surface area contributed by atoms with Crippen molar-refractivity contribution in [3.63, 3.8) is 0 Å². The fourth-order valence-corrected chi connectivity index (χ4v) is 4.05. The van der Waals surface area contributed by atoms with Crippen molar-refractivity contribution in [1.29, 1.82) is 0 Å². The first-order chi connectivity index (χ1) is 14.5. The quantitative estimate of drug-likeness (QED) is 0.539. The van der Waals surface area contributed by atoms with E-state index in [0.29, 0.717) is 27.7 Å². The number of aromatic amines is 1. The normalized spacial score (nSPS) is 18.9. The van der Waals surface area contributed by atoms with E-state index in [1.165, 1.54) is 7.11 Å². The highest BCUT2D eigenvalue weighted by Gasteiger charge is 2.26. The third-order valence-electron chi connectivity index (χ3n) is 5.39. The minimum atomic E-state index is -0.259. The Hall–Kier alpha value is -2.97. The first-order valence-electron chi connectivity index (χ1n) is 9.79. The van der Waals surface area contributed by atoms with Crippen molar-refractivity contribution in [3.8, 4) is 11.1 Å². The summed E-state index contributed by atoms with van der Waals surface area (Å²) in [6.07, 6.45) is 4.85. The SMILES string of the molecule is CONC(=O)C1CCC(Nc2ncc3cc(-c4ccccc4Cl)c(=O)[nH]c3n2)CC1. The number of hydrogen-bond acceptors (Lipinski definition) is 6. The van der Waals surface area contributed by atoms with E-state index in [1.54, 1.807) is 24.4 Å². The number of H-pyrrole nitrogens is 1. The van der Waals surface area contributed by atoms with Gasteiger partial charge in [-0.1, -0.05) is 29.8 Å². The summed E-state index contributed by atoms with van der Waals surface area (Å²) in [4.78, 5) is 40.8. The number of halogens is 1. The number of anilines is 1. The lowest BCUT2D eigenvalue weighted by Gasteiger charge is -2.28. The topological polar surface area (TPSA) is 109 Å². The lowest BCUT2D eigenvalue weighted by atomic mass is 9.85. The van der Waals surface area contributed by atoms with E-state index >= 15 is 0 Å². The van der Waals surface area contributed by atoms with Gasteiger partial charge in [-0.2, -0.15) is 4.98 Å². The maximum Gasteiger partial charge on any atom is 0.257 e. The molecule has 0 bridgehead atoms. The van der Waals surface area contributed by atoms with Gasteiger partial charge >= 0.3 is 0 Å². The highest BCUT2D eigenvalue weighted by Crippen LogP contribution is 2.28. The minimum absolute atomic E-state index is 0.0416. The molecule has 2 aromatic heterocycles. The maximum absolute atomic E-state index is 12.6. The highest BCUT2D eigenvalue weighted by atomic mass is 35.5. The Balaban J connectivity index is 1.50. The molecule has 156 valence electrons. The molecule has 1 aliphatic rings. The Morgan fingerprint density at radius 1 is 1.20 bits per heavy atom. The van der Waals surface area contributed by atoms with Crippen molar-refractivity contribution in [2.45, 2.75) is 31.7 Å². The van der Waals surface area contributed by atoms with E-state index in [1.807, 2.05) is 12.1 Å². The smallest absolute Gasteiger partial charge is 0.257 e. The second-order valence-corrected chi connectivity index (χ2v) is 7.76. The van der Waals surface area contributed by atoms with Gasteiger partial charge in [0.25, 0.3) is 5.56 Å². The number of pyridine rings is 1. The molecule has 3 aromatic rings. The summed E-state index contributed by atoms with van der Waals surface area (Å²) >= 11 is 6.24. The Morgan fingerprint density at radius 3 is 2.70 bits per heavy atom. The molecule has 1 aliphatic carbocycles. The molecule has 0 unspecified atom stereocenters. The van der Waals surface area contributed by atoms with Gasteiger partial charge in [0.15, 0.2) is 0 Å². The fourth-order valence-electron chi connectivity index (χ4n) is 3.81. The molecule has 1 aromatic carbocycles. The predicted molar refractivity (Wildman–Crippen MR) is 115 cm³/mol. The van der Waals surface area contributed by atoms with Gasteiger partial charge in [-0.05, 0) is 37.8 Å². The van der Waals surface area contributed by atoms with Crippen molar-refractivity contribution in [1.82, 2.24) is 20.4 Å². The second kappa shape index (κ2) is 8.81. The van der Waals surface area contributed by atoms with E-state index < -0.39 is 0 Å². The van der Waals surface area contributed by atoms with Crippen molar-refractivity contribution >= 4 is 34.5 Å². The number of carbonyl (C=O) groups is 1. The lowest BCUT2D eigenvalue weighted by molar-refractivity contribution is -0.136. The van der Waals surface area contributed by atoms with Crippen LogP contribution in [0.5, 0.6) is 0 Å². The van der Waals surface area contributed by atoms with Crippen molar-refractivity contribution in [2.75, 3.05) is 12.4 Å². The van der Waals surface area contributed by atoms with Crippen LogP contribution in [0, 0.1) is 5.92 Å². The van der Waals surface area contributed by atoms with Crippen LogP contribution < -0.4 is 16.4 Å². The van der Waals surface area contributed by atoms with Crippen LogP contribution >= 0.6 is 11.6 Å². The van der Waals surface area contributed by atoms with Crippen molar-refractivity contribution in [3.05, 3.63) is 51.9 Å². The summed E-state index contributed by atoms with van der Waals surface area (Å²) in [5.41, 5.74) is 3.74. The number of benzene rings is 1. The average Bonchev–Trinajstić information content (AvgIpc) is 2.74. The molecular formula is C21H22ClN5O3. The summed E-state index contributed by atoms with van der Waals surface area (Å²) in [5.74, 6) is 0.332. The number of aromatic nitrogens is 3. The molecule has 0 radical (unpaired) electrons. The van der Waals surface area contributed by atoms with E-state index in [4.69, 9.17) is 16.4 Å². The first kappa shape index (κ1) is 20.3. The van der Waals surface area contributed by atoms with Crippen LogP contribution in [0.15, 0.2) is 41.3 Å². The number of nitrogens with zero attached hydrogens (tertiary/aromatic N) is 2. The molecule has 0 aliphatic heterocycles. The standard InChI is InChI=1S/C21H22ClN5O3/c1-30-27-19(28)12-6-8-14(9-7-12)24-21-23-11-13-10-16(20(29)25-18(13)26-21)15-4-2-3-5-17(15)22/h2-5,10-12,14H,6-9H2,1H3,(H,27,28)(H2,23,24,25,26,29). The van der Waals surface area contributed by atoms with Gasteiger partial charge in [0.2, 0.25) is 11.9 Å². The van der Waals surface area contributed by atoms with Gasteiger partial charge in [-0.3, -0.25) is 14.4 Å². The lowest BCUT2D eigenvalue weighted by Crippen LogP contribution is -2.35. The molecule has 9 heteroatoms. The van der Waals surface area contributed by atoms with Crippen LogP contribution in [-0.2, 0) is 9.63 Å². The zero-order valence-electron chi connectivity index (χ0n) is 16.4. The van der Waals surface area contributed by atoms with E-state index in [2.05, 4.69) is 25.7 Å². The molecule has 0 spiro atoms. The average molecular weight is 428 g/mol. The number of hydrogen-bond donors (Lipinski definition) is 3. The van der Waals surface area contributed by atoms with Crippen LogP contribution in [0.25, 0.3) is 22.2 Å². The van der Waals surface area contributed by atoms with Gasteiger partial charge in [0.1, 0.15) is 5.65 Å². The van der Waals surface area contributed by atoms with Gasteiger partial charge in [-0.25, -0.2) is 10.5 Å². The third kappa shape index (κ3) is 4.29. The molecule has 2 heterocycles. The number of rotatable bonds is 5. The summed E-state index contributed by atoms with van der Waals surface area (Å²) < 4.78 is 0. The van der Waals surface area contributed by atoms with E-state index in [-0.39, 0.29) is 23.4 Å². The summed E-state index contributed by atoms with van der Waals surface area (Å²) in [6.45, 7) is 0. The van der Waals surface area contributed by atoms with Crippen LogP contribution in [0.4, 0.5) is 5.95 Å². The van der Waals surface area contributed by atoms with E-state index in [0.717, 1.165) is 31.1 Å². The molecular weight excluding hydrogens is 406 g/mol. The fraction of sp³-hybridized carbons (Fsp3) is 0.333. The molecule has 1 fully saturated rings. The molecule has 1 saturated carbocycles. The van der Waals surface area contributed by atoms with Crippen molar-refractivity contribution in [2.24, 2.45) is 5.92 Å². The monoisotopic (exact) mass is 427 g/mol. The molecule has 3 N–H and O–H groups in total. The Kier molecular flexibility index (Phi) is 5.96. The zero-order valence-corrected chi connectivity index (χ0v) is 17.2. The first-order valence-corrected chi connectivity index (χ1v) is 10.2. The Bertz CT molecular complexity index is 1130. The Morgan fingerprint density at radius 2 is 1.97 bits per heavy atom. The Labute approximate surface area is 178 Å². The third-order valence-corrected chi connectivity index (χ3v) is 5.72. The summed E-state index contributed by atoms with van der Waals surface area (Å²) in [5, 5.41) is 4.54. The summed E-state index contributed by atoms with van der Waals surface area (Å²) in [6, 6.07) is 9.12. The van der Waals surface area contributed by atoms with Gasteiger partial charge in [0, 0.05) is 39.7 Å². The van der Waals surface area contributed by atoms with Gasteiger partial charge < -0.3 is 10.3 Å². The molecule has 4 rings (SSSR count). The van der Waals surface area contributed by atoms with Crippen LogP contribution in [0.3, 0.4) is 0 Å². The molecule has 30 heavy (non-hydrogen) atoms. The minimum Gasteiger partial charge on any atom is -0.351 e. The van der Waals surface area contributed by atoms with Crippen LogP contribution in [0.2, 0.25) is 5.02 Å². The summed E-state index contributed by atoms with van der Waals surface area (Å²) in [7, 11) is 1.43. The largest absolute Gasteiger partial charge is 0.351 e. The molecule has 1 amide bonds. The molecule has 8 nitrogen and oxygen atoms in total. The number of hydroxylamine groups is 1. The second-order valence-electron chi connectivity index (χ2n) is 7.35. The number of amides is 1. The maximum atomic E-state index is 12.6. The van der Waals surface area contributed by atoms with Gasteiger partial charge in [-0.15, -0.1) is 0 Å². The molecule has 0 saturated heterocycles.